The average molecular weight is 242 g/mol. The van der Waals surface area contributed by atoms with Crippen LogP contribution in [0, 0.1) is 5.92 Å². The Morgan fingerprint density at radius 3 is 3.00 bits per heavy atom. The first kappa shape index (κ1) is 12.2. The fourth-order valence-corrected chi connectivity index (χ4v) is 3.72. The molecule has 4 heteroatoms. The smallest absolute Gasteiger partial charge is 0.220 e. The summed E-state index contributed by atoms with van der Waals surface area (Å²) in [4.78, 5) is 11.9. The molecule has 0 aromatic carbocycles. The molecule has 0 aromatic heterocycles. The normalized spacial score (nSPS) is 34.2. The first-order chi connectivity index (χ1) is 7.79. The van der Waals surface area contributed by atoms with Gasteiger partial charge >= 0.3 is 0 Å². The predicted molar refractivity (Wildman–Crippen MR) is 68.7 cm³/mol. The molecule has 3 nitrogen and oxygen atoms in total. The van der Waals surface area contributed by atoms with E-state index in [1.807, 2.05) is 11.8 Å². The van der Waals surface area contributed by atoms with Crippen molar-refractivity contribution in [2.45, 2.75) is 43.4 Å². The van der Waals surface area contributed by atoms with Crippen LogP contribution < -0.4 is 10.6 Å². The van der Waals surface area contributed by atoms with Gasteiger partial charge in [0.2, 0.25) is 5.91 Å². The highest BCUT2D eigenvalue weighted by atomic mass is 32.2. The second-order valence-electron chi connectivity index (χ2n) is 4.94. The first-order valence-corrected chi connectivity index (χ1v) is 7.61. The van der Waals surface area contributed by atoms with Crippen LogP contribution in [0.15, 0.2) is 0 Å². The van der Waals surface area contributed by atoms with Gasteiger partial charge in [-0.15, -0.1) is 0 Å². The zero-order valence-electron chi connectivity index (χ0n) is 10.00. The molecule has 3 unspecified atom stereocenters. The molecule has 1 aliphatic heterocycles. The molecule has 2 N–H and O–H groups in total. The van der Waals surface area contributed by atoms with E-state index in [1.54, 1.807) is 0 Å². The third-order valence-electron chi connectivity index (χ3n) is 3.74. The molecule has 16 heavy (non-hydrogen) atoms. The number of hydrogen-bond acceptors (Lipinski definition) is 3. The lowest BCUT2D eigenvalue weighted by Gasteiger charge is -2.20. The van der Waals surface area contributed by atoms with Crippen molar-refractivity contribution in [1.82, 2.24) is 10.6 Å². The fraction of sp³-hybridized carbons (Fsp3) is 0.917. The van der Waals surface area contributed by atoms with Crippen molar-refractivity contribution >= 4 is 17.7 Å². The van der Waals surface area contributed by atoms with Gasteiger partial charge in [-0.05, 0) is 44.5 Å². The number of thioether (sulfide) groups is 1. The number of carbonyl (C=O) groups excluding carboxylic acids is 1. The molecule has 0 radical (unpaired) electrons. The van der Waals surface area contributed by atoms with E-state index in [0.29, 0.717) is 23.6 Å². The van der Waals surface area contributed by atoms with Gasteiger partial charge in [0.25, 0.3) is 0 Å². The standard InChI is InChI=1S/C12H22N2OS/c1-16-11-4-2-3-10(11)14-12(15)7-9-5-6-13-8-9/h9-11,13H,2-8H2,1H3,(H,14,15). The lowest BCUT2D eigenvalue weighted by atomic mass is 10.0. The molecule has 3 atom stereocenters. The Kier molecular flexibility index (Phi) is 4.53. The van der Waals surface area contributed by atoms with Crippen molar-refractivity contribution in [3.8, 4) is 0 Å². The van der Waals surface area contributed by atoms with Crippen LogP contribution in [0.1, 0.15) is 32.1 Å². The Morgan fingerprint density at radius 1 is 1.44 bits per heavy atom. The van der Waals surface area contributed by atoms with Crippen molar-refractivity contribution in [2.75, 3.05) is 19.3 Å². The molecule has 1 saturated carbocycles. The summed E-state index contributed by atoms with van der Waals surface area (Å²) < 4.78 is 0. The van der Waals surface area contributed by atoms with E-state index in [2.05, 4.69) is 16.9 Å². The maximum atomic E-state index is 11.9. The molecule has 0 bridgehead atoms. The minimum atomic E-state index is 0.264. The summed E-state index contributed by atoms with van der Waals surface area (Å²) in [5.74, 6) is 0.828. The first-order valence-electron chi connectivity index (χ1n) is 6.32. The number of amides is 1. The molecule has 1 heterocycles. The predicted octanol–water partition coefficient (Wildman–Crippen LogP) is 1.39. The topological polar surface area (TPSA) is 41.1 Å². The summed E-state index contributed by atoms with van der Waals surface area (Å²) in [7, 11) is 0. The number of hydrogen-bond donors (Lipinski definition) is 2. The third kappa shape index (κ3) is 3.14. The van der Waals surface area contributed by atoms with Gasteiger partial charge in [0, 0.05) is 17.7 Å². The molecular formula is C12H22N2OS. The highest BCUT2D eigenvalue weighted by Crippen LogP contribution is 2.28. The Hall–Kier alpha value is -0.220. The molecule has 2 rings (SSSR count). The van der Waals surface area contributed by atoms with E-state index in [1.165, 1.54) is 19.3 Å². The zero-order chi connectivity index (χ0) is 11.4. The van der Waals surface area contributed by atoms with E-state index in [-0.39, 0.29) is 5.91 Å². The molecule has 1 saturated heterocycles. The summed E-state index contributed by atoms with van der Waals surface area (Å²) in [6, 6.07) is 0.428. The summed E-state index contributed by atoms with van der Waals surface area (Å²) >= 11 is 1.90. The minimum Gasteiger partial charge on any atom is -0.352 e. The van der Waals surface area contributed by atoms with Gasteiger partial charge in [-0.2, -0.15) is 11.8 Å². The van der Waals surface area contributed by atoms with Gasteiger partial charge in [-0.3, -0.25) is 4.79 Å². The summed E-state index contributed by atoms with van der Waals surface area (Å²) in [6.07, 6.45) is 7.71. The van der Waals surface area contributed by atoms with Crippen molar-refractivity contribution in [3.63, 3.8) is 0 Å². The van der Waals surface area contributed by atoms with E-state index in [4.69, 9.17) is 0 Å². The number of carbonyl (C=O) groups is 1. The maximum absolute atomic E-state index is 11.9. The molecule has 0 spiro atoms. The van der Waals surface area contributed by atoms with Gasteiger partial charge in [0.05, 0.1) is 0 Å². The van der Waals surface area contributed by atoms with Crippen LogP contribution in [0.5, 0.6) is 0 Å². The van der Waals surface area contributed by atoms with Crippen LogP contribution in [-0.2, 0) is 4.79 Å². The Bertz CT molecular complexity index is 241. The van der Waals surface area contributed by atoms with Gasteiger partial charge in [-0.25, -0.2) is 0 Å². The van der Waals surface area contributed by atoms with Crippen molar-refractivity contribution < 1.29 is 4.79 Å². The highest BCUT2D eigenvalue weighted by molar-refractivity contribution is 7.99. The van der Waals surface area contributed by atoms with Crippen LogP contribution in [0.4, 0.5) is 0 Å². The van der Waals surface area contributed by atoms with Crippen LogP contribution in [0.25, 0.3) is 0 Å². The summed E-state index contributed by atoms with van der Waals surface area (Å²) in [6.45, 7) is 2.10. The lowest BCUT2D eigenvalue weighted by Crippen LogP contribution is -2.39. The molecule has 1 amide bonds. The molecule has 0 aromatic rings. The Balaban J connectivity index is 1.73. The fourth-order valence-electron chi connectivity index (χ4n) is 2.79. The van der Waals surface area contributed by atoms with E-state index in [9.17, 15) is 4.79 Å². The summed E-state index contributed by atoms with van der Waals surface area (Å²) in [5.41, 5.74) is 0. The van der Waals surface area contributed by atoms with E-state index < -0.39 is 0 Å². The molecular weight excluding hydrogens is 220 g/mol. The quantitative estimate of drug-likeness (QED) is 0.783. The largest absolute Gasteiger partial charge is 0.352 e. The van der Waals surface area contributed by atoms with Crippen LogP contribution in [-0.4, -0.2) is 36.5 Å². The van der Waals surface area contributed by atoms with Gasteiger partial charge in [0.15, 0.2) is 0 Å². The van der Waals surface area contributed by atoms with Gasteiger partial charge < -0.3 is 10.6 Å². The van der Waals surface area contributed by atoms with Crippen molar-refractivity contribution in [1.29, 1.82) is 0 Å². The monoisotopic (exact) mass is 242 g/mol. The van der Waals surface area contributed by atoms with E-state index >= 15 is 0 Å². The van der Waals surface area contributed by atoms with Gasteiger partial charge in [-0.1, -0.05) is 6.42 Å². The Labute approximate surface area is 102 Å². The van der Waals surface area contributed by atoms with Crippen LogP contribution in [0.2, 0.25) is 0 Å². The molecule has 2 fully saturated rings. The Morgan fingerprint density at radius 2 is 2.31 bits per heavy atom. The minimum absolute atomic E-state index is 0.264. The van der Waals surface area contributed by atoms with Crippen LogP contribution >= 0.6 is 11.8 Å². The SMILES string of the molecule is CSC1CCCC1NC(=O)CC1CCNC1. The third-order valence-corrected chi connectivity index (χ3v) is 4.91. The second-order valence-corrected chi connectivity index (χ2v) is 6.02. The number of rotatable bonds is 4. The second kappa shape index (κ2) is 5.92. The van der Waals surface area contributed by atoms with Crippen molar-refractivity contribution in [2.24, 2.45) is 5.92 Å². The zero-order valence-corrected chi connectivity index (χ0v) is 10.8. The van der Waals surface area contributed by atoms with Crippen molar-refractivity contribution in [3.05, 3.63) is 0 Å². The molecule has 1 aliphatic carbocycles. The maximum Gasteiger partial charge on any atom is 0.220 e. The lowest BCUT2D eigenvalue weighted by molar-refractivity contribution is -0.122. The van der Waals surface area contributed by atoms with Gasteiger partial charge in [0.1, 0.15) is 0 Å². The molecule has 92 valence electrons. The highest BCUT2D eigenvalue weighted by Gasteiger charge is 2.28. The average Bonchev–Trinajstić information content (AvgIpc) is 2.88. The van der Waals surface area contributed by atoms with E-state index in [0.717, 1.165) is 19.5 Å². The summed E-state index contributed by atoms with van der Waals surface area (Å²) in [5, 5.41) is 7.17. The molecule has 2 aliphatic rings. The van der Waals surface area contributed by atoms with Crippen LogP contribution in [0.3, 0.4) is 0 Å². The number of nitrogens with one attached hydrogen (secondary N) is 2.